The normalized spacial score (nSPS) is 10.8. The van der Waals surface area contributed by atoms with E-state index in [-0.39, 0.29) is 5.69 Å². The average molecular weight is 385 g/mol. The van der Waals surface area contributed by atoms with Crippen molar-refractivity contribution in [3.05, 3.63) is 62.7 Å². The molecule has 9 nitrogen and oxygen atoms in total. The van der Waals surface area contributed by atoms with Crippen LogP contribution in [0.5, 0.6) is 0 Å². The molecular weight excluding hydrogens is 374 g/mol. The van der Waals surface area contributed by atoms with Gasteiger partial charge in [-0.25, -0.2) is 4.98 Å². The van der Waals surface area contributed by atoms with E-state index in [0.29, 0.717) is 11.6 Å². The number of aromatic nitrogens is 5. The third kappa shape index (κ3) is 3.58. The predicted octanol–water partition coefficient (Wildman–Crippen LogP) is 3.63. The Kier molecular flexibility index (Phi) is 4.37. The van der Waals surface area contributed by atoms with Crippen molar-refractivity contribution in [3.63, 3.8) is 0 Å². The summed E-state index contributed by atoms with van der Waals surface area (Å²) in [5.74, 6) is 0. The van der Waals surface area contributed by atoms with Crippen molar-refractivity contribution >= 4 is 38.6 Å². The van der Waals surface area contributed by atoms with Gasteiger partial charge in [-0.1, -0.05) is 11.3 Å². The van der Waals surface area contributed by atoms with Gasteiger partial charge >= 0.3 is 0 Å². The molecule has 26 heavy (non-hydrogen) atoms. The minimum Gasteiger partial charge on any atom is -0.306 e. The molecular formula is C15H11N7O2S2. The van der Waals surface area contributed by atoms with Crippen molar-refractivity contribution in [1.82, 2.24) is 25.4 Å². The third-order valence-corrected chi connectivity index (χ3v) is 4.99. The Balaban J connectivity index is 1.45. The molecule has 0 aliphatic carbocycles. The summed E-state index contributed by atoms with van der Waals surface area (Å²) < 4.78 is 0. The van der Waals surface area contributed by atoms with Gasteiger partial charge in [0.15, 0.2) is 5.13 Å². The van der Waals surface area contributed by atoms with Crippen LogP contribution in [0.4, 0.5) is 16.0 Å². The summed E-state index contributed by atoms with van der Waals surface area (Å²) in [5, 5.41) is 33.5. The van der Waals surface area contributed by atoms with Crippen LogP contribution in [-0.2, 0) is 6.42 Å². The first-order chi connectivity index (χ1) is 12.7. The molecule has 4 rings (SSSR count). The van der Waals surface area contributed by atoms with E-state index in [0.717, 1.165) is 27.1 Å². The lowest BCUT2D eigenvalue weighted by Crippen LogP contribution is -1.87. The van der Waals surface area contributed by atoms with Crippen LogP contribution < -0.4 is 5.32 Å². The van der Waals surface area contributed by atoms with Gasteiger partial charge in [0.05, 0.1) is 10.6 Å². The van der Waals surface area contributed by atoms with Crippen molar-refractivity contribution in [1.29, 1.82) is 0 Å². The number of nitrogens with one attached hydrogen (secondary N) is 2. The second-order valence-electron chi connectivity index (χ2n) is 5.22. The lowest BCUT2D eigenvalue weighted by Gasteiger charge is -1.95. The van der Waals surface area contributed by atoms with Gasteiger partial charge in [0.25, 0.3) is 5.69 Å². The van der Waals surface area contributed by atoms with Crippen LogP contribution in [0, 0.1) is 10.1 Å². The molecule has 0 saturated heterocycles. The van der Waals surface area contributed by atoms with Crippen molar-refractivity contribution in [2.75, 3.05) is 5.32 Å². The molecule has 11 heteroatoms. The van der Waals surface area contributed by atoms with E-state index in [1.54, 1.807) is 18.3 Å². The molecule has 0 radical (unpaired) electrons. The molecule has 3 heterocycles. The number of thiazole rings is 1. The van der Waals surface area contributed by atoms with Crippen molar-refractivity contribution in [2.45, 2.75) is 6.42 Å². The second-order valence-corrected chi connectivity index (χ2v) is 7.18. The molecule has 0 spiro atoms. The number of non-ortho nitro benzene ring substituents is 1. The number of nitro benzene ring substituents is 1. The Labute approximate surface area is 154 Å². The fraction of sp³-hybridized carbons (Fsp3) is 0.0667. The van der Waals surface area contributed by atoms with Crippen LogP contribution in [0.3, 0.4) is 0 Å². The lowest BCUT2D eigenvalue weighted by molar-refractivity contribution is -0.384. The Morgan fingerprint density at radius 3 is 2.77 bits per heavy atom. The highest BCUT2D eigenvalue weighted by molar-refractivity contribution is 7.16. The van der Waals surface area contributed by atoms with Gasteiger partial charge in [0.2, 0.25) is 5.13 Å². The van der Waals surface area contributed by atoms with Crippen LogP contribution in [0.15, 0.2) is 41.9 Å². The van der Waals surface area contributed by atoms with Crippen LogP contribution >= 0.6 is 22.7 Å². The standard InChI is InChI=1S/C15H11N7O2S2/c23-22(24)11-3-1-9(2-4-11)12-7-10(18-19-12)8-13-20-21-15(26-13)17-14-16-5-6-25-14/h1-7H,8H2,(H,18,19)(H,16,17,21). The first kappa shape index (κ1) is 16.3. The van der Waals surface area contributed by atoms with Crippen LogP contribution in [0.25, 0.3) is 11.3 Å². The topological polar surface area (TPSA) is 123 Å². The van der Waals surface area contributed by atoms with E-state index in [1.165, 1.54) is 34.8 Å². The van der Waals surface area contributed by atoms with Gasteiger partial charge in [-0.15, -0.1) is 21.5 Å². The first-order valence-electron chi connectivity index (χ1n) is 7.45. The number of hydrogen-bond acceptors (Lipinski definition) is 9. The van der Waals surface area contributed by atoms with E-state index >= 15 is 0 Å². The number of hydrogen-bond donors (Lipinski definition) is 2. The lowest BCUT2D eigenvalue weighted by atomic mass is 10.1. The molecule has 0 amide bonds. The average Bonchev–Trinajstić information content (AvgIpc) is 3.39. The number of aromatic amines is 1. The van der Waals surface area contributed by atoms with Crippen LogP contribution in [0.1, 0.15) is 10.7 Å². The largest absolute Gasteiger partial charge is 0.306 e. The highest BCUT2D eigenvalue weighted by atomic mass is 32.1. The monoisotopic (exact) mass is 385 g/mol. The SMILES string of the molecule is O=[N+]([O-])c1ccc(-c2cc(Cc3nnc(Nc4nccs4)s3)[nH]n2)cc1. The molecule has 0 aliphatic heterocycles. The van der Waals surface area contributed by atoms with Gasteiger partial charge in [0, 0.05) is 41.4 Å². The predicted molar refractivity (Wildman–Crippen MR) is 98.8 cm³/mol. The molecule has 0 unspecified atom stereocenters. The summed E-state index contributed by atoms with van der Waals surface area (Å²) in [5.41, 5.74) is 2.47. The van der Waals surface area contributed by atoms with Crippen molar-refractivity contribution in [3.8, 4) is 11.3 Å². The molecule has 0 saturated carbocycles. The molecule has 4 aromatic rings. The quantitative estimate of drug-likeness (QED) is 0.384. The third-order valence-electron chi connectivity index (χ3n) is 3.46. The number of rotatable bonds is 6. The fourth-order valence-corrected chi connectivity index (χ4v) is 3.62. The van der Waals surface area contributed by atoms with E-state index in [2.05, 4.69) is 30.7 Å². The Bertz CT molecular complexity index is 1020. The summed E-state index contributed by atoms with van der Waals surface area (Å²) in [4.78, 5) is 14.4. The maximum atomic E-state index is 10.7. The molecule has 3 aromatic heterocycles. The summed E-state index contributed by atoms with van der Waals surface area (Å²) >= 11 is 2.94. The number of nitro groups is 1. The van der Waals surface area contributed by atoms with E-state index in [4.69, 9.17) is 0 Å². The van der Waals surface area contributed by atoms with E-state index < -0.39 is 4.92 Å². The van der Waals surface area contributed by atoms with Crippen LogP contribution in [-0.4, -0.2) is 30.3 Å². The zero-order chi connectivity index (χ0) is 17.9. The van der Waals surface area contributed by atoms with E-state index in [1.807, 2.05) is 11.4 Å². The molecule has 0 aliphatic rings. The fourth-order valence-electron chi connectivity index (χ4n) is 2.27. The molecule has 1 aromatic carbocycles. The summed E-state index contributed by atoms with van der Waals surface area (Å²) in [6.45, 7) is 0. The minimum absolute atomic E-state index is 0.0543. The number of benzene rings is 1. The Morgan fingerprint density at radius 1 is 1.19 bits per heavy atom. The summed E-state index contributed by atoms with van der Waals surface area (Å²) in [6.07, 6.45) is 2.29. The maximum absolute atomic E-state index is 10.7. The van der Waals surface area contributed by atoms with Crippen LogP contribution in [0.2, 0.25) is 0 Å². The number of nitrogens with zero attached hydrogens (tertiary/aromatic N) is 5. The first-order valence-corrected chi connectivity index (χ1v) is 9.15. The molecule has 130 valence electrons. The number of anilines is 2. The molecule has 2 N–H and O–H groups in total. The molecule has 0 fully saturated rings. The van der Waals surface area contributed by atoms with Crippen molar-refractivity contribution in [2.24, 2.45) is 0 Å². The van der Waals surface area contributed by atoms with Gasteiger partial charge < -0.3 is 5.32 Å². The maximum Gasteiger partial charge on any atom is 0.269 e. The zero-order valence-corrected chi connectivity index (χ0v) is 14.8. The minimum atomic E-state index is -0.424. The summed E-state index contributed by atoms with van der Waals surface area (Å²) in [7, 11) is 0. The Hall–Kier alpha value is -3.18. The van der Waals surface area contributed by atoms with E-state index in [9.17, 15) is 10.1 Å². The smallest absolute Gasteiger partial charge is 0.269 e. The van der Waals surface area contributed by atoms with Gasteiger partial charge in [-0.05, 0) is 18.2 Å². The van der Waals surface area contributed by atoms with Gasteiger partial charge in [-0.3, -0.25) is 15.2 Å². The van der Waals surface area contributed by atoms with Crippen molar-refractivity contribution < 1.29 is 4.92 Å². The second kappa shape index (κ2) is 6.98. The highest BCUT2D eigenvalue weighted by Crippen LogP contribution is 2.25. The zero-order valence-electron chi connectivity index (χ0n) is 13.1. The Morgan fingerprint density at radius 2 is 2.04 bits per heavy atom. The summed E-state index contributed by atoms with van der Waals surface area (Å²) in [6, 6.07) is 8.19. The van der Waals surface area contributed by atoms with Gasteiger partial charge in [-0.2, -0.15) is 5.10 Å². The van der Waals surface area contributed by atoms with Gasteiger partial charge in [0.1, 0.15) is 5.01 Å². The number of H-pyrrole nitrogens is 1. The highest BCUT2D eigenvalue weighted by Gasteiger charge is 2.11. The molecule has 0 atom stereocenters. The molecule has 0 bridgehead atoms.